The van der Waals surface area contributed by atoms with E-state index in [4.69, 9.17) is 11.6 Å². The molecule has 0 saturated carbocycles. The number of hydrogen-bond donors (Lipinski definition) is 2. The summed E-state index contributed by atoms with van der Waals surface area (Å²) in [6.07, 6.45) is 1.27. The minimum atomic E-state index is -3.91. The maximum absolute atomic E-state index is 12.7. The van der Waals surface area contributed by atoms with Gasteiger partial charge in [-0.2, -0.15) is 0 Å². The molecule has 3 aromatic rings. The number of sulfonamides is 2. The minimum Gasteiger partial charge on any atom is -0.312 e. The number of amides is 1. The quantitative estimate of drug-likeness (QED) is 0.481. The fourth-order valence-corrected chi connectivity index (χ4v) is 5.80. The van der Waals surface area contributed by atoms with E-state index in [1.807, 2.05) is 6.92 Å². The molecule has 178 valence electrons. The molecule has 8 nitrogen and oxygen atoms in total. The predicted molar refractivity (Wildman–Crippen MR) is 132 cm³/mol. The van der Waals surface area contributed by atoms with Gasteiger partial charge in [0.2, 0.25) is 5.91 Å². The van der Waals surface area contributed by atoms with Crippen LogP contribution >= 0.6 is 11.6 Å². The van der Waals surface area contributed by atoms with Crippen LogP contribution in [0.2, 0.25) is 5.02 Å². The second kappa shape index (κ2) is 9.28. The van der Waals surface area contributed by atoms with E-state index < -0.39 is 20.0 Å². The van der Waals surface area contributed by atoms with Crippen LogP contribution in [-0.4, -0.2) is 29.3 Å². The second-order valence-corrected chi connectivity index (χ2v) is 11.6. The molecule has 4 rings (SSSR count). The highest BCUT2D eigenvalue weighted by Gasteiger charge is 2.23. The fraction of sp³-hybridized carbons (Fsp3) is 0.174. The van der Waals surface area contributed by atoms with E-state index in [0.29, 0.717) is 29.4 Å². The van der Waals surface area contributed by atoms with Gasteiger partial charge in [0.15, 0.2) is 0 Å². The zero-order chi connectivity index (χ0) is 24.5. The molecule has 1 aliphatic rings. The van der Waals surface area contributed by atoms with Crippen molar-refractivity contribution in [2.24, 2.45) is 0 Å². The SMILES string of the molecule is Cc1ccc(NS(=O)(=O)c2ccc(NS(=O)(=O)c3ccc(N4CCCC4=O)cc3)cc2)cc1Cl. The maximum Gasteiger partial charge on any atom is 0.261 e. The molecular weight excluding hydrogens is 498 g/mol. The lowest BCUT2D eigenvalue weighted by Gasteiger charge is -2.16. The number of carbonyl (C=O) groups excluding carboxylic acids is 1. The standard InChI is InChI=1S/C23H22ClN3O5S2/c1-16-4-5-18(15-22(16)24)26-34(31,32)20-10-6-17(7-11-20)25-33(29,30)21-12-8-19(9-13-21)27-14-2-3-23(27)28/h4-13,15,25-26H,2-3,14H2,1H3. The van der Waals surface area contributed by atoms with Gasteiger partial charge >= 0.3 is 0 Å². The Bertz CT molecular complexity index is 1440. The fourth-order valence-electron chi connectivity index (χ4n) is 3.51. The summed E-state index contributed by atoms with van der Waals surface area (Å²) < 4.78 is 55.7. The van der Waals surface area contributed by atoms with Gasteiger partial charge in [-0.05, 0) is 79.6 Å². The third-order valence-corrected chi connectivity index (χ3v) is 8.57. The number of carbonyl (C=O) groups is 1. The number of halogens is 1. The van der Waals surface area contributed by atoms with Crippen molar-refractivity contribution < 1.29 is 21.6 Å². The van der Waals surface area contributed by atoms with Gasteiger partial charge in [-0.1, -0.05) is 17.7 Å². The van der Waals surface area contributed by atoms with Crippen LogP contribution in [0.4, 0.5) is 17.1 Å². The van der Waals surface area contributed by atoms with E-state index in [0.717, 1.165) is 12.0 Å². The van der Waals surface area contributed by atoms with Gasteiger partial charge in [-0.15, -0.1) is 0 Å². The number of rotatable bonds is 7. The van der Waals surface area contributed by atoms with Gasteiger partial charge < -0.3 is 4.90 Å². The Morgan fingerprint density at radius 3 is 1.85 bits per heavy atom. The Hall–Kier alpha value is -3.08. The van der Waals surface area contributed by atoms with Crippen molar-refractivity contribution in [1.29, 1.82) is 0 Å². The first-order valence-electron chi connectivity index (χ1n) is 10.4. The first-order valence-corrected chi connectivity index (χ1v) is 13.7. The van der Waals surface area contributed by atoms with Gasteiger partial charge in [-0.3, -0.25) is 14.2 Å². The Balaban J connectivity index is 1.47. The van der Waals surface area contributed by atoms with E-state index in [1.54, 1.807) is 29.2 Å². The summed E-state index contributed by atoms with van der Waals surface area (Å²) in [5.41, 5.74) is 1.99. The molecule has 0 bridgehead atoms. The summed E-state index contributed by atoms with van der Waals surface area (Å²) >= 11 is 6.05. The monoisotopic (exact) mass is 519 g/mol. The van der Waals surface area contributed by atoms with E-state index >= 15 is 0 Å². The molecule has 1 heterocycles. The van der Waals surface area contributed by atoms with Crippen LogP contribution in [0, 0.1) is 6.92 Å². The third kappa shape index (κ3) is 5.19. The Kier molecular flexibility index (Phi) is 6.57. The van der Waals surface area contributed by atoms with Crippen molar-refractivity contribution >= 4 is 54.6 Å². The van der Waals surface area contributed by atoms with Gasteiger partial charge in [0.1, 0.15) is 0 Å². The van der Waals surface area contributed by atoms with Crippen molar-refractivity contribution in [3.63, 3.8) is 0 Å². The molecule has 0 spiro atoms. The van der Waals surface area contributed by atoms with Crippen LogP contribution in [0.1, 0.15) is 18.4 Å². The molecule has 34 heavy (non-hydrogen) atoms. The largest absolute Gasteiger partial charge is 0.312 e. The summed E-state index contributed by atoms with van der Waals surface area (Å²) in [4.78, 5) is 13.5. The van der Waals surface area contributed by atoms with E-state index in [-0.39, 0.29) is 21.4 Å². The molecule has 0 unspecified atom stereocenters. The Labute approximate surface area is 203 Å². The van der Waals surface area contributed by atoms with Crippen molar-refractivity contribution in [2.75, 3.05) is 20.9 Å². The molecule has 0 radical (unpaired) electrons. The number of anilines is 3. The lowest BCUT2D eigenvalue weighted by atomic mass is 10.2. The maximum atomic E-state index is 12.7. The number of nitrogens with one attached hydrogen (secondary N) is 2. The van der Waals surface area contributed by atoms with Crippen molar-refractivity contribution in [3.05, 3.63) is 77.3 Å². The van der Waals surface area contributed by atoms with Gasteiger partial charge in [0.25, 0.3) is 20.0 Å². The van der Waals surface area contributed by atoms with Gasteiger partial charge in [0, 0.05) is 29.4 Å². The van der Waals surface area contributed by atoms with Crippen molar-refractivity contribution in [1.82, 2.24) is 0 Å². The number of aryl methyl sites for hydroxylation is 1. The Morgan fingerprint density at radius 1 is 0.794 bits per heavy atom. The van der Waals surface area contributed by atoms with Crippen LogP contribution in [0.25, 0.3) is 0 Å². The molecule has 0 aromatic heterocycles. The van der Waals surface area contributed by atoms with Crippen LogP contribution in [0.5, 0.6) is 0 Å². The van der Waals surface area contributed by atoms with Crippen LogP contribution in [-0.2, 0) is 24.8 Å². The van der Waals surface area contributed by atoms with Crippen molar-refractivity contribution in [3.8, 4) is 0 Å². The molecule has 1 aliphatic heterocycles. The number of nitrogens with zero attached hydrogens (tertiary/aromatic N) is 1. The average Bonchev–Trinajstić information content (AvgIpc) is 3.22. The van der Waals surface area contributed by atoms with Crippen LogP contribution in [0.3, 0.4) is 0 Å². The van der Waals surface area contributed by atoms with Crippen LogP contribution < -0.4 is 14.3 Å². The zero-order valence-electron chi connectivity index (χ0n) is 18.2. The molecule has 1 amide bonds. The average molecular weight is 520 g/mol. The predicted octanol–water partition coefficient (Wildman–Crippen LogP) is 4.38. The number of hydrogen-bond acceptors (Lipinski definition) is 5. The molecule has 0 atom stereocenters. The smallest absolute Gasteiger partial charge is 0.261 e. The highest BCUT2D eigenvalue weighted by atomic mass is 35.5. The second-order valence-electron chi connectivity index (χ2n) is 7.84. The zero-order valence-corrected chi connectivity index (χ0v) is 20.5. The topological polar surface area (TPSA) is 113 Å². The number of benzene rings is 3. The van der Waals surface area contributed by atoms with Gasteiger partial charge in [-0.25, -0.2) is 16.8 Å². The molecule has 1 saturated heterocycles. The lowest BCUT2D eigenvalue weighted by Crippen LogP contribution is -2.23. The highest BCUT2D eigenvalue weighted by molar-refractivity contribution is 7.93. The summed E-state index contributed by atoms with van der Waals surface area (Å²) in [5.74, 6) is 0.0174. The summed E-state index contributed by atoms with van der Waals surface area (Å²) in [6.45, 7) is 2.42. The van der Waals surface area contributed by atoms with Gasteiger partial charge in [0.05, 0.1) is 15.5 Å². The molecule has 2 N–H and O–H groups in total. The van der Waals surface area contributed by atoms with Crippen LogP contribution in [0.15, 0.2) is 76.5 Å². The molecule has 11 heteroatoms. The molecule has 0 aliphatic carbocycles. The molecule has 3 aromatic carbocycles. The third-order valence-electron chi connectivity index (χ3n) is 5.37. The highest BCUT2D eigenvalue weighted by Crippen LogP contribution is 2.26. The Morgan fingerprint density at radius 2 is 1.32 bits per heavy atom. The van der Waals surface area contributed by atoms with E-state index in [9.17, 15) is 21.6 Å². The summed E-state index contributed by atoms with van der Waals surface area (Å²) in [6, 6.07) is 16.2. The lowest BCUT2D eigenvalue weighted by molar-refractivity contribution is -0.117. The van der Waals surface area contributed by atoms with E-state index in [2.05, 4.69) is 9.44 Å². The molecule has 1 fully saturated rings. The molecular formula is C23H22ClN3O5S2. The van der Waals surface area contributed by atoms with Crippen molar-refractivity contribution in [2.45, 2.75) is 29.6 Å². The summed E-state index contributed by atoms with van der Waals surface area (Å²) in [7, 11) is -7.80. The van der Waals surface area contributed by atoms with E-state index in [1.165, 1.54) is 42.5 Å². The first kappa shape index (κ1) is 24.1. The normalized spacial score (nSPS) is 14.3. The minimum absolute atomic E-state index is 0.0174. The summed E-state index contributed by atoms with van der Waals surface area (Å²) in [5, 5.41) is 0.435. The first-order chi connectivity index (χ1) is 16.0.